The normalized spacial score (nSPS) is 14.5. The third kappa shape index (κ3) is 4.83. The summed E-state index contributed by atoms with van der Waals surface area (Å²) in [7, 11) is 0. The number of nitrogens with one attached hydrogen (secondary N) is 1. The Balaban J connectivity index is 1.61. The molecule has 2 aromatic rings. The van der Waals surface area contributed by atoms with Crippen LogP contribution in [0.1, 0.15) is 35.7 Å². The minimum atomic E-state index is -0.129. The van der Waals surface area contributed by atoms with E-state index in [1.165, 1.54) is 31.5 Å². The highest BCUT2D eigenvalue weighted by Crippen LogP contribution is 2.26. The molecule has 0 bridgehead atoms. The zero-order valence-corrected chi connectivity index (χ0v) is 16.0. The van der Waals surface area contributed by atoms with Crippen molar-refractivity contribution >= 4 is 27.5 Å². The lowest BCUT2D eigenvalue weighted by molar-refractivity contribution is 0.102. The maximum absolute atomic E-state index is 12.4. The molecule has 0 aromatic heterocycles. The summed E-state index contributed by atoms with van der Waals surface area (Å²) in [5.41, 5.74) is 2.68. The molecule has 1 heterocycles. The van der Waals surface area contributed by atoms with Gasteiger partial charge in [0.1, 0.15) is 5.75 Å². The zero-order valence-electron chi connectivity index (χ0n) is 14.4. The summed E-state index contributed by atoms with van der Waals surface area (Å²) in [5.74, 6) is 0.612. The minimum absolute atomic E-state index is 0.129. The third-order valence-electron chi connectivity index (χ3n) is 4.31. The number of carbonyl (C=O) groups excluding carboxylic acids is 1. The molecule has 25 heavy (non-hydrogen) atoms. The first kappa shape index (κ1) is 18.0. The Hall–Kier alpha value is -1.85. The standard InChI is InChI=1S/C20H23BrN2O2/c1-2-25-19-10-7-16(13-18(19)21)20(24)22-17-8-5-15(6-9-17)14-23-11-3-4-12-23/h5-10,13H,2-4,11-12,14H2,1H3,(H,22,24). The Labute approximate surface area is 157 Å². The highest BCUT2D eigenvalue weighted by atomic mass is 79.9. The first-order chi connectivity index (χ1) is 12.2. The van der Waals surface area contributed by atoms with Crippen LogP contribution in [0.5, 0.6) is 5.75 Å². The van der Waals surface area contributed by atoms with E-state index in [9.17, 15) is 4.79 Å². The predicted octanol–water partition coefficient (Wildman–Crippen LogP) is 4.70. The fraction of sp³-hybridized carbons (Fsp3) is 0.350. The zero-order chi connectivity index (χ0) is 17.6. The van der Waals surface area contributed by atoms with Crippen LogP contribution in [0.2, 0.25) is 0 Å². The fourth-order valence-electron chi connectivity index (χ4n) is 3.01. The van der Waals surface area contributed by atoms with Gasteiger partial charge in [-0.25, -0.2) is 0 Å². The Bertz CT molecular complexity index is 725. The average Bonchev–Trinajstić information content (AvgIpc) is 3.11. The van der Waals surface area contributed by atoms with Crippen LogP contribution in [0.15, 0.2) is 46.9 Å². The van der Waals surface area contributed by atoms with Crippen LogP contribution in [0, 0.1) is 0 Å². The van der Waals surface area contributed by atoms with Crippen LogP contribution < -0.4 is 10.1 Å². The second-order valence-corrected chi connectivity index (χ2v) is 7.07. The number of likely N-dealkylation sites (tertiary alicyclic amines) is 1. The van der Waals surface area contributed by atoms with Crippen molar-refractivity contribution in [2.45, 2.75) is 26.3 Å². The monoisotopic (exact) mass is 402 g/mol. The van der Waals surface area contributed by atoms with Gasteiger partial charge in [0.25, 0.3) is 5.91 Å². The molecule has 1 saturated heterocycles. The molecule has 3 rings (SSSR count). The molecule has 0 atom stereocenters. The summed E-state index contributed by atoms with van der Waals surface area (Å²) in [4.78, 5) is 14.9. The molecule has 0 radical (unpaired) electrons. The van der Waals surface area contributed by atoms with Gasteiger partial charge in [-0.05, 0) is 84.7 Å². The number of halogens is 1. The van der Waals surface area contributed by atoms with Crippen molar-refractivity contribution in [1.82, 2.24) is 4.90 Å². The third-order valence-corrected chi connectivity index (χ3v) is 4.93. The van der Waals surface area contributed by atoms with Gasteiger partial charge in [0.15, 0.2) is 0 Å². The van der Waals surface area contributed by atoms with Gasteiger partial charge in [0, 0.05) is 17.8 Å². The second-order valence-electron chi connectivity index (χ2n) is 6.21. The molecule has 0 spiro atoms. The molecule has 1 N–H and O–H groups in total. The SMILES string of the molecule is CCOc1ccc(C(=O)Nc2ccc(CN3CCCC3)cc2)cc1Br. The smallest absolute Gasteiger partial charge is 0.255 e. The Morgan fingerprint density at radius 1 is 1.16 bits per heavy atom. The van der Waals surface area contributed by atoms with E-state index in [-0.39, 0.29) is 5.91 Å². The van der Waals surface area contributed by atoms with E-state index in [1.807, 2.05) is 25.1 Å². The molecule has 4 nitrogen and oxygen atoms in total. The molecule has 1 amide bonds. The topological polar surface area (TPSA) is 41.6 Å². The van der Waals surface area contributed by atoms with E-state index < -0.39 is 0 Å². The van der Waals surface area contributed by atoms with Crippen molar-refractivity contribution in [2.75, 3.05) is 25.0 Å². The van der Waals surface area contributed by atoms with Crippen molar-refractivity contribution in [1.29, 1.82) is 0 Å². The van der Waals surface area contributed by atoms with Gasteiger partial charge in [0.2, 0.25) is 0 Å². The van der Waals surface area contributed by atoms with E-state index in [0.29, 0.717) is 12.2 Å². The van der Waals surface area contributed by atoms with Crippen LogP contribution in [0.3, 0.4) is 0 Å². The minimum Gasteiger partial charge on any atom is -0.493 e. The molecule has 0 aliphatic carbocycles. The number of nitrogens with zero attached hydrogens (tertiary/aromatic N) is 1. The largest absolute Gasteiger partial charge is 0.493 e. The first-order valence-electron chi connectivity index (χ1n) is 8.70. The number of benzene rings is 2. The summed E-state index contributed by atoms with van der Waals surface area (Å²) in [5, 5.41) is 2.94. The van der Waals surface area contributed by atoms with Gasteiger partial charge >= 0.3 is 0 Å². The van der Waals surface area contributed by atoms with E-state index in [1.54, 1.807) is 12.1 Å². The maximum Gasteiger partial charge on any atom is 0.255 e. The van der Waals surface area contributed by atoms with Crippen molar-refractivity contribution in [2.24, 2.45) is 0 Å². The Morgan fingerprint density at radius 2 is 1.88 bits per heavy atom. The van der Waals surface area contributed by atoms with Crippen LogP contribution in [0.4, 0.5) is 5.69 Å². The number of ether oxygens (including phenoxy) is 1. The number of carbonyl (C=O) groups is 1. The lowest BCUT2D eigenvalue weighted by Crippen LogP contribution is -2.18. The van der Waals surface area contributed by atoms with E-state index >= 15 is 0 Å². The van der Waals surface area contributed by atoms with Gasteiger partial charge in [-0.3, -0.25) is 9.69 Å². The van der Waals surface area contributed by atoms with Gasteiger partial charge in [-0.2, -0.15) is 0 Å². The Kier molecular flexibility index (Phi) is 6.10. The number of anilines is 1. The van der Waals surface area contributed by atoms with Crippen molar-refractivity contribution in [3.05, 3.63) is 58.1 Å². The molecule has 2 aromatic carbocycles. The van der Waals surface area contributed by atoms with Crippen LogP contribution in [-0.2, 0) is 6.54 Å². The summed E-state index contributed by atoms with van der Waals surface area (Å²) in [6.45, 7) is 5.88. The average molecular weight is 403 g/mol. The van der Waals surface area contributed by atoms with Gasteiger partial charge in [-0.1, -0.05) is 12.1 Å². The van der Waals surface area contributed by atoms with E-state index in [4.69, 9.17) is 4.74 Å². The number of rotatable bonds is 6. The Morgan fingerprint density at radius 3 is 2.52 bits per heavy atom. The maximum atomic E-state index is 12.4. The lowest BCUT2D eigenvalue weighted by atomic mass is 10.1. The highest BCUT2D eigenvalue weighted by molar-refractivity contribution is 9.10. The second kappa shape index (κ2) is 8.50. The number of hydrogen-bond acceptors (Lipinski definition) is 3. The van der Waals surface area contributed by atoms with Crippen LogP contribution in [-0.4, -0.2) is 30.5 Å². The van der Waals surface area contributed by atoms with E-state index in [2.05, 4.69) is 38.3 Å². The van der Waals surface area contributed by atoms with Crippen molar-refractivity contribution < 1.29 is 9.53 Å². The molecule has 5 heteroatoms. The molecule has 1 aliphatic heterocycles. The van der Waals surface area contributed by atoms with E-state index in [0.717, 1.165) is 22.5 Å². The van der Waals surface area contributed by atoms with Gasteiger partial charge < -0.3 is 10.1 Å². The summed E-state index contributed by atoms with van der Waals surface area (Å²) >= 11 is 3.44. The van der Waals surface area contributed by atoms with Crippen molar-refractivity contribution in [3.8, 4) is 5.75 Å². The lowest BCUT2D eigenvalue weighted by Gasteiger charge is -2.15. The molecule has 1 aliphatic rings. The van der Waals surface area contributed by atoms with Crippen LogP contribution in [0.25, 0.3) is 0 Å². The highest BCUT2D eigenvalue weighted by Gasteiger charge is 2.12. The molecule has 0 unspecified atom stereocenters. The number of amides is 1. The number of hydrogen-bond donors (Lipinski definition) is 1. The summed E-state index contributed by atoms with van der Waals surface area (Å²) < 4.78 is 6.26. The first-order valence-corrected chi connectivity index (χ1v) is 9.50. The van der Waals surface area contributed by atoms with Crippen molar-refractivity contribution in [3.63, 3.8) is 0 Å². The summed E-state index contributed by atoms with van der Waals surface area (Å²) in [6.07, 6.45) is 2.59. The molecular weight excluding hydrogens is 380 g/mol. The van der Waals surface area contributed by atoms with Gasteiger partial charge in [0.05, 0.1) is 11.1 Å². The summed E-state index contributed by atoms with van der Waals surface area (Å²) in [6, 6.07) is 13.5. The molecular formula is C20H23BrN2O2. The molecule has 1 fully saturated rings. The fourth-order valence-corrected chi connectivity index (χ4v) is 3.50. The van der Waals surface area contributed by atoms with Crippen LogP contribution >= 0.6 is 15.9 Å². The predicted molar refractivity (Wildman–Crippen MR) is 104 cm³/mol. The molecule has 132 valence electrons. The molecule has 0 saturated carbocycles. The van der Waals surface area contributed by atoms with Gasteiger partial charge in [-0.15, -0.1) is 0 Å². The quantitative estimate of drug-likeness (QED) is 0.761.